The number of aliphatic carboxylic acids is 1. The number of aromatic carboxylic acids is 1. The number of nitrogens with zero attached hydrogens (tertiary/aromatic N) is 2. The SMILES string of the molecule is COc1ccc(-n2nc(-c3cccs3)c(Cc3cc4c(cc3Cl)OCO4)c2C(=O)O)c(OCC(=O)O)c1. The van der Waals surface area contributed by atoms with Crippen LogP contribution in [0.3, 0.4) is 0 Å². The highest BCUT2D eigenvalue weighted by Crippen LogP contribution is 2.40. The molecule has 0 atom stereocenters. The Bertz CT molecular complexity index is 1500. The van der Waals surface area contributed by atoms with E-state index in [2.05, 4.69) is 5.10 Å². The summed E-state index contributed by atoms with van der Waals surface area (Å²) in [5.74, 6) is -0.899. The Balaban J connectivity index is 1.70. The molecule has 190 valence electrons. The summed E-state index contributed by atoms with van der Waals surface area (Å²) in [7, 11) is 1.45. The summed E-state index contributed by atoms with van der Waals surface area (Å²) in [6.07, 6.45) is 0.131. The second-order valence-electron chi connectivity index (χ2n) is 7.86. The zero-order valence-corrected chi connectivity index (χ0v) is 20.8. The Kier molecular flexibility index (Phi) is 6.64. The van der Waals surface area contributed by atoms with E-state index in [0.717, 1.165) is 4.88 Å². The van der Waals surface area contributed by atoms with Crippen molar-refractivity contribution in [2.45, 2.75) is 6.42 Å². The molecule has 10 nitrogen and oxygen atoms in total. The minimum absolute atomic E-state index is 0.0739. The third-order valence-corrected chi connectivity index (χ3v) is 6.82. The van der Waals surface area contributed by atoms with Gasteiger partial charge in [-0.05, 0) is 35.2 Å². The van der Waals surface area contributed by atoms with Crippen LogP contribution in [0.2, 0.25) is 5.02 Å². The van der Waals surface area contributed by atoms with E-state index < -0.39 is 18.5 Å². The number of methoxy groups -OCH3 is 1. The molecule has 2 aromatic carbocycles. The molecule has 1 aliphatic heterocycles. The second kappa shape index (κ2) is 10.0. The minimum atomic E-state index is -1.23. The van der Waals surface area contributed by atoms with Crippen LogP contribution in [0.25, 0.3) is 16.3 Å². The number of carbonyl (C=O) groups is 2. The molecule has 0 unspecified atom stereocenters. The van der Waals surface area contributed by atoms with E-state index in [1.54, 1.807) is 24.3 Å². The lowest BCUT2D eigenvalue weighted by atomic mass is 10.0. The van der Waals surface area contributed by atoms with Crippen molar-refractivity contribution in [3.63, 3.8) is 0 Å². The van der Waals surface area contributed by atoms with E-state index in [-0.39, 0.29) is 30.3 Å². The number of fused-ring (bicyclic) bond motifs is 1. The van der Waals surface area contributed by atoms with Gasteiger partial charge in [0.1, 0.15) is 22.9 Å². The van der Waals surface area contributed by atoms with Crippen molar-refractivity contribution in [3.8, 4) is 39.3 Å². The number of thiophene rings is 1. The lowest BCUT2D eigenvalue weighted by molar-refractivity contribution is -0.139. The number of rotatable bonds is 9. The number of carboxylic acids is 2. The standard InChI is InChI=1S/C25H19ClN2O8S/c1-33-14-4-5-17(18(9-14)34-11-22(29)30)28-24(25(31)32)15(23(27-28)21-3-2-6-37-21)7-13-8-19-20(10-16(13)26)36-12-35-19/h2-6,8-10H,7,11-12H2,1H3,(H,29,30)(H,31,32). The van der Waals surface area contributed by atoms with Crippen LogP contribution in [-0.4, -0.2) is 52.4 Å². The molecule has 3 heterocycles. The van der Waals surface area contributed by atoms with Gasteiger partial charge in [-0.1, -0.05) is 17.7 Å². The van der Waals surface area contributed by atoms with Gasteiger partial charge in [-0.15, -0.1) is 11.3 Å². The molecule has 0 spiro atoms. The molecule has 4 aromatic rings. The van der Waals surface area contributed by atoms with Crippen LogP contribution >= 0.6 is 22.9 Å². The summed E-state index contributed by atoms with van der Waals surface area (Å²) in [6, 6.07) is 11.7. The van der Waals surface area contributed by atoms with E-state index in [9.17, 15) is 14.7 Å². The number of carboxylic acid groups (broad SMARTS) is 2. The van der Waals surface area contributed by atoms with E-state index in [4.69, 9.17) is 35.7 Å². The van der Waals surface area contributed by atoms with Crippen molar-refractivity contribution in [2.24, 2.45) is 0 Å². The molecule has 0 fully saturated rings. The third-order valence-electron chi connectivity index (χ3n) is 5.60. The van der Waals surface area contributed by atoms with Crippen molar-refractivity contribution in [3.05, 3.63) is 69.7 Å². The van der Waals surface area contributed by atoms with Crippen molar-refractivity contribution in [1.29, 1.82) is 0 Å². The van der Waals surface area contributed by atoms with Crippen LogP contribution in [0, 0.1) is 0 Å². The molecule has 0 aliphatic carbocycles. The lowest BCUT2D eigenvalue weighted by Crippen LogP contribution is -2.14. The van der Waals surface area contributed by atoms with Crippen LogP contribution in [0.5, 0.6) is 23.0 Å². The van der Waals surface area contributed by atoms with Gasteiger partial charge in [0.05, 0.1) is 12.0 Å². The molecule has 2 aromatic heterocycles. The van der Waals surface area contributed by atoms with Gasteiger partial charge < -0.3 is 29.2 Å². The number of aromatic nitrogens is 2. The molecular formula is C25H19ClN2O8S. The second-order valence-corrected chi connectivity index (χ2v) is 9.21. The van der Waals surface area contributed by atoms with Crippen molar-refractivity contribution in [1.82, 2.24) is 9.78 Å². The van der Waals surface area contributed by atoms with Crippen molar-refractivity contribution < 1.29 is 38.7 Å². The molecule has 0 bridgehead atoms. The predicted octanol–water partition coefficient (Wildman–Crippen LogP) is 4.74. The lowest BCUT2D eigenvalue weighted by Gasteiger charge is -2.13. The monoisotopic (exact) mass is 542 g/mol. The Morgan fingerprint density at radius 1 is 1.16 bits per heavy atom. The van der Waals surface area contributed by atoms with Crippen LogP contribution < -0.4 is 18.9 Å². The van der Waals surface area contributed by atoms with Gasteiger partial charge in [0.25, 0.3) is 0 Å². The first-order valence-electron chi connectivity index (χ1n) is 10.9. The van der Waals surface area contributed by atoms with Crippen molar-refractivity contribution >= 4 is 34.9 Å². The highest BCUT2D eigenvalue weighted by molar-refractivity contribution is 7.13. The number of hydrogen-bond donors (Lipinski definition) is 2. The van der Waals surface area contributed by atoms with E-state index in [0.29, 0.717) is 39.1 Å². The Hall–Kier alpha value is -4.22. The topological polar surface area (TPSA) is 129 Å². The first-order valence-corrected chi connectivity index (χ1v) is 12.1. The van der Waals surface area contributed by atoms with Gasteiger partial charge >= 0.3 is 11.9 Å². The van der Waals surface area contributed by atoms with E-state index in [1.165, 1.54) is 29.2 Å². The Morgan fingerprint density at radius 3 is 2.62 bits per heavy atom. The number of benzene rings is 2. The zero-order valence-electron chi connectivity index (χ0n) is 19.3. The number of halogens is 1. The predicted molar refractivity (Wildman–Crippen MR) is 134 cm³/mol. The molecule has 12 heteroatoms. The first kappa shape index (κ1) is 24.5. The number of hydrogen-bond acceptors (Lipinski definition) is 8. The molecular weight excluding hydrogens is 524 g/mol. The molecule has 5 rings (SSSR count). The van der Waals surface area contributed by atoms with Crippen LogP contribution in [0.1, 0.15) is 21.6 Å². The normalized spacial score (nSPS) is 11.9. The summed E-state index contributed by atoms with van der Waals surface area (Å²) >= 11 is 7.93. The van der Waals surface area contributed by atoms with Crippen molar-refractivity contribution in [2.75, 3.05) is 20.5 Å². The van der Waals surface area contributed by atoms with Gasteiger partial charge in [0.2, 0.25) is 6.79 Å². The smallest absolute Gasteiger partial charge is 0.354 e. The molecule has 1 aliphatic rings. The molecule has 0 amide bonds. The fourth-order valence-electron chi connectivity index (χ4n) is 3.96. The summed E-state index contributed by atoms with van der Waals surface area (Å²) in [6.45, 7) is -0.564. The Morgan fingerprint density at radius 2 is 1.95 bits per heavy atom. The average Bonchev–Trinajstić information content (AvgIpc) is 3.62. The van der Waals surface area contributed by atoms with Gasteiger partial charge in [-0.3, -0.25) is 0 Å². The van der Waals surface area contributed by atoms with Gasteiger partial charge in [0.15, 0.2) is 23.8 Å². The fourth-order valence-corrected chi connectivity index (χ4v) is 4.92. The maximum absolute atomic E-state index is 12.7. The summed E-state index contributed by atoms with van der Waals surface area (Å²) < 4.78 is 22.8. The Labute approximate surface area is 219 Å². The van der Waals surface area contributed by atoms with E-state index in [1.807, 2.05) is 17.5 Å². The zero-order chi connectivity index (χ0) is 26.1. The summed E-state index contributed by atoms with van der Waals surface area (Å²) in [5, 5.41) is 26.4. The number of ether oxygens (including phenoxy) is 4. The highest BCUT2D eigenvalue weighted by Gasteiger charge is 2.28. The van der Waals surface area contributed by atoms with Gasteiger partial charge in [0, 0.05) is 29.1 Å². The summed E-state index contributed by atoms with van der Waals surface area (Å²) in [4.78, 5) is 24.6. The minimum Gasteiger partial charge on any atom is -0.497 e. The van der Waals surface area contributed by atoms with Crippen LogP contribution in [0.4, 0.5) is 0 Å². The summed E-state index contributed by atoms with van der Waals surface area (Å²) in [5.41, 5.74) is 1.60. The average molecular weight is 543 g/mol. The van der Waals surface area contributed by atoms with Gasteiger partial charge in [-0.2, -0.15) is 5.10 Å². The maximum atomic E-state index is 12.7. The first-order chi connectivity index (χ1) is 17.9. The quantitative estimate of drug-likeness (QED) is 0.308. The van der Waals surface area contributed by atoms with Gasteiger partial charge in [-0.25, -0.2) is 14.3 Å². The highest BCUT2D eigenvalue weighted by atomic mass is 35.5. The maximum Gasteiger partial charge on any atom is 0.354 e. The third kappa shape index (κ3) is 4.78. The molecule has 0 saturated carbocycles. The molecule has 2 N–H and O–H groups in total. The molecule has 0 radical (unpaired) electrons. The molecule has 0 saturated heterocycles. The molecule has 37 heavy (non-hydrogen) atoms. The van der Waals surface area contributed by atoms with Crippen LogP contribution in [0.15, 0.2) is 47.8 Å². The largest absolute Gasteiger partial charge is 0.497 e. The fraction of sp³-hybridized carbons (Fsp3) is 0.160. The van der Waals surface area contributed by atoms with E-state index >= 15 is 0 Å². The van der Waals surface area contributed by atoms with Crippen LogP contribution in [-0.2, 0) is 11.2 Å².